The van der Waals surface area contributed by atoms with Gasteiger partial charge in [0.15, 0.2) is 0 Å². The zero-order valence-electron chi connectivity index (χ0n) is 10.4. The van der Waals surface area contributed by atoms with Crippen molar-refractivity contribution in [1.82, 2.24) is 4.37 Å². The largest absolute Gasteiger partial charge is 0.462 e. The Morgan fingerprint density at radius 3 is 2.82 bits per heavy atom. The number of ether oxygens (including phenoxy) is 1. The number of carbonyl (C=O) groups excluding carboxylic acids is 1. The molecule has 0 amide bonds. The van der Waals surface area contributed by atoms with E-state index in [1.165, 1.54) is 37.2 Å². The van der Waals surface area contributed by atoms with Crippen LogP contribution in [0.4, 0.5) is 0 Å². The van der Waals surface area contributed by atoms with Gasteiger partial charge in [-0.2, -0.15) is 4.37 Å². The fourth-order valence-electron chi connectivity index (χ4n) is 2.34. The minimum atomic E-state index is -0.236. The highest BCUT2D eigenvalue weighted by Crippen LogP contribution is 2.35. The lowest BCUT2D eigenvalue weighted by Crippen LogP contribution is -2.11. The summed E-state index contributed by atoms with van der Waals surface area (Å²) in [5.41, 5.74) is 1.09. The van der Waals surface area contributed by atoms with E-state index < -0.39 is 0 Å². The van der Waals surface area contributed by atoms with Gasteiger partial charge in [-0.05, 0) is 43.3 Å². The Morgan fingerprint density at radius 1 is 1.47 bits per heavy atom. The lowest BCUT2D eigenvalue weighted by molar-refractivity contribution is 0.0532. The molecule has 17 heavy (non-hydrogen) atoms. The van der Waals surface area contributed by atoms with E-state index in [9.17, 15) is 4.79 Å². The van der Waals surface area contributed by atoms with Crippen LogP contribution < -0.4 is 0 Å². The van der Waals surface area contributed by atoms with Gasteiger partial charge in [0.1, 0.15) is 4.88 Å². The molecule has 4 heteroatoms. The van der Waals surface area contributed by atoms with Crippen molar-refractivity contribution in [3.05, 3.63) is 16.6 Å². The third-order valence-electron chi connectivity index (χ3n) is 3.44. The summed E-state index contributed by atoms with van der Waals surface area (Å²) in [4.78, 5) is 12.2. The molecule has 0 bridgehead atoms. The van der Waals surface area contributed by atoms with Crippen molar-refractivity contribution in [2.24, 2.45) is 5.92 Å². The third kappa shape index (κ3) is 3.06. The standard InChI is InChI=1S/C13H19NO2S/c1-3-16-13(15)12-8-11(14-17-12)10-6-4-9(2)5-7-10/h8-10H,3-7H2,1-2H3/t9-,10-. The molecule has 1 aliphatic carbocycles. The summed E-state index contributed by atoms with van der Waals surface area (Å²) in [6, 6.07) is 1.92. The Morgan fingerprint density at radius 2 is 2.18 bits per heavy atom. The van der Waals surface area contributed by atoms with Gasteiger partial charge in [-0.1, -0.05) is 19.8 Å². The first-order valence-corrected chi connectivity index (χ1v) is 7.11. The van der Waals surface area contributed by atoms with E-state index in [4.69, 9.17) is 4.74 Å². The van der Waals surface area contributed by atoms with Gasteiger partial charge in [-0.3, -0.25) is 0 Å². The number of esters is 1. The first-order valence-electron chi connectivity index (χ1n) is 6.34. The van der Waals surface area contributed by atoms with Crippen LogP contribution in [0.1, 0.15) is 60.8 Å². The Kier molecular flexibility index (Phi) is 4.15. The Hall–Kier alpha value is -0.900. The van der Waals surface area contributed by atoms with Gasteiger partial charge in [-0.25, -0.2) is 4.79 Å². The van der Waals surface area contributed by atoms with Crippen LogP contribution in [0.5, 0.6) is 0 Å². The van der Waals surface area contributed by atoms with Gasteiger partial charge in [-0.15, -0.1) is 0 Å². The minimum Gasteiger partial charge on any atom is -0.462 e. The van der Waals surface area contributed by atoms with Crippen LogP contribution in [-0.2, 0) is 4.74 Å². The van der Waals surface area contributed by atoms with Crippen LogP contribution in [0, 0.1) is 5.92 Å². The summed E-state index contributed by atoms with van der Waals surface area (Å²) in [5.74, 6) is 1.15. The number of rotatable bonds is 3. The van der Waals surface area contributed by atoms with E-state index in [0.717, 1.165) is 11.6 Å². The average molecular weight is 253 g/mol. The van der Waals surface area contributed by atoms with Crippen molar-refractivity contribution in [2.45, 2.75) is 45.4 Å². The van der Waals surface area contributed by atoms with Crippen molar-refractivity contribution in [3.63, 3.8) is 0 Å². The second-order valence-electron chi connectivity index (χ2n) is 4.79. The molecule has 1 aromatic rings. The molecule has 0 atom stereocenters. The van der Waals surface area contributed by atoms with Crippen molar-refractivity contribution in [1.29, 1.82) is 0 Å². The van der Waals surface area contributed by atoms with Crippen LogP contribution in [0.15, 0.2) is 6.07 Å². The molecule has 3 nitrogen and oxygen atoms in total. The number of hydrogen-bond donors (Lipinski definition) is 0. The summed E-state index contributed by atoms with van der Waals surface area (Å²) in [7, 11) is 0. The quantitative estimate of drug-likeness (QED) is 0.772. The summed E-state index contributed by atoms with van der Waals surface area (Å²) in [6.45, 7) is 4.55. The summed E-state index contributed by atoms with van der Waals surface area (Å²) in [6.07, 6.45) is 4.95. The fourth-order valence-corrected chi connectivity index (χ4v) is 3.05. The van der Waals surface area contributed by atoms with Gasteiger partial charge in [0.25, 0.3) is 0 Å². The van der Waals surface area contributed by atoms with Crippen molar-refractivity contribution >= 4 is 17.5 Å². The molecule has 2 rings (SSSR count). The van der Waals surface area contributed by atoms with Crippen molar-refractivity contribution < 1.29 is 9.53 Å². The zero-order chi connectivity index (χ0) is 12.3. The number of carbonyl (C=O) groups is 1. The zero-order valence-corrected chi connectivity index (χ0v) is 11.3. The molecule has 0 unspecified atom stereocenters. The van der Waals surface area contributed by atoms with Gasteiger partial charge in [0.05, 0.1) is 12.3 Å². The van der Waals surface area contributed by atoms with Gasteiger partial charge in [0.2, 0.25) is 0 Å². The molecule has 1 fully saturated rings. The maximum Gasteiger partial charge on any atom is 0.349 e. The van der Waals surface area contributed by atoms with Gasteiger partial charge < -0.3 is 4.74 Å². The predicted octanol–water partition coefficient (Wildman–Crippen LogP) is 3.61. The second-order valence-corrected chi connectivity index (χ2v) is 5.60. The maximum absolute atomic E-state index is 11.5. The molecule has 1 saturated carbocycles. The molecule has 0 spiro atoms. The molecule has 1 aromatic heterocycles. The van der Waals surface area contributed by atoms with Crippen LogP contribution in [0.2, 0.25) is 0 Å². The molecule has 0 radical (unpaired) electrons. The van der Waals surface area contributed by atoms with Crippen molar-refractivity contribution in [2.75, 3.05) is 6.61 Å². The van der Waals surface area contributed by atoms with Crippen LogP contribution in [-0.4, -0.2) is 16.9 Å². The van der Waals surface area contributed by atoms with E-state index in [1.807, 2.05) is 13.0 Å². The number of aromatic nitrogens is 1. The monoisotopic (exact) mass is 253 g/mol. The normalized spacial score (nSPS) is 24.6. The lowest BCUT2D eigenvalue weighted by Gasteiger charge is -2.24. The first kappa shape index (κ1) is 12.6. The molecular formula is C13H19NO2S. The Labute approximate surface area is 106 Å². The lowest BCUT2D eigenvalue weighted by atomic mass is 9.81. The van der Waals surface area contributed by atoms with Crippen LogP contribution in [0.25, 0.3) is 0 Å². The van der Waals surface area contributed by atoms with Crippen LogP contribution in [0.3, 0.4) is 0 Å². The number of nitrogens with zero attached hydrogens (tertiary/aromatic N) is 1. The smallest absolute Gasteiger partial charge is 0.349 e. The summed E-state index contributed by atoms with van der Waals surface area (Å²) < 4.78 is 9.39. The van der Waals surface area contributed by atoms with Crippen molar-refractivity contribution in [3.8, 4) is 0 Å². The highest BCUT2D eigenvalue weighted by atomic mass is 32.1. The maximum atomic E-state index is 11.5. The first-order chi connectivity index (χ1) is 8.20. The molecule has 0 saturated heterocycles. The van der Waals surface area contributed by atoms with E-state index in [1.54, 1.807) is 0 Å². The molecule has 0 aliphatic heterocycles. The highest BCUT2D eigenvalue weighted by molar-refractivity contribution is 7.08. The minimum absolute atomic E-state index is 0.236. The van der Waals surface area contributed by atoms with Gasteiger partial charge >= 0.3 is 5.97 Å². The summed E-state index contributed by atoms with van der Waals surface area (Å²) in [5, 5.41) is 0. The second kappa shape index (κ2) is 5.63. The Bertz CT molecular complexity index is 381. The fraction of sp³-hybridized carbons (Fsp3) is 0.692. The highest BCUT2D eigenvalue weighted by Gasteiger charge is 2.23. The molecule has 0 aromatic carbocycles. The molecular weight excluding hydrogens is 234 g/mol. The van der Waals surface area contributed by atoms with E-state index >= 15 is 0 Å². The molecule has 94 valence electrons. The van der Waals surface area contributed by atoms with Crippen LogP contribution >= 0.6 is 11.5 Å². The van der Waals surface area contributed by atoms with E-state index in [-0.39, 0.29) is 5.97 Å². The number of hydrogen-bond acceptors (Lipinski definition) is 4. The van der Waals surface area contributed by atoms with Gasteiger partial charge in [0, 0.05) is 5.92 Å². The Balaban J connectivity index is 2.00. The van der Waals surface area contributed by atoms with E-state index in [0.29, 0.717) is 17.4 Å². The molecule has 0 N–H and O–H groups in total. The topological polar surface area (TPSA) is 39.2 Å². The average Bonchev–Trinajstić information content (AvgIpc) is 2.80. The third-order valence-corrected chi connectivity index (χ3v) is 4.22. The van der Waals surface area contributed by atoms with E-state index in [2.05, 4.69) is 11.3 Å². The summed E-state index contributed by atoms with van der Waals surface area (Å²) >= 11 is 1.27. The predicted molar refractivity (Wildman–Crippen MR) is 68.4 cm³/mol. The SMILES string of the molecule is CCOC(=O)c1cc([C@H]2CC[C@H](C)CC2)ns1. The molecule has 1 heterocycles. The molecule has 1 aliphatic rings.